The molecular formula is C26H30ClF2N7O. The summed E-state index contributed by atoms with van der Waals surface area (Å²) in [4.78, 5) is 13.6. The van der Waals surface area contributed by atoms with E-state index in [1.807, 2.05) is 42.3 Å². The predicted molar refractivity (Wildman–Crippen MR) is 139 cm³/mol. The summed E-state index contributed by atoms with van der Waals surface area (Å²) in [5, 5.41) is 8.47. The first-order chi connectivity index (χ1) is 17.7. The van der Waals surface area contributed by atoms with E-state index >= 15 is 0 Å². The molecule has 1 unspecified atom stereocenters. The van der Waals surface area contributed by atoms with Gasteiger partial charge in [-0.05, 0) is 44.3 Å². The molecule has 1 saturated carbocycles. The fourth-order valence-corrected chi connectivity index (χ4v) is 5.89. The third kappa shape index (κ3) is 4.96. The molecule has 37 heavy (non-hydrogen) atoms. The summed E-state index contributed by atoms with van der Waals surface area (Å²) >= 11 is 6.25. The smallest absolute Gasteiger partial charge is 0.249 e. The van der Waals surface area contributed by atoms with E-state index in [9.17, 15) is 8.78 Å². The lowest BCUT2D eigenvalue weighted by Crippen LogP contribution is -2.66. The van der Waals surface area contributed by atoms with Crippen molar-refractivity contribution in [2.24, 2.45) is 18.4 Å². The van der Waals surface area contributed by atoms with E-state index in [-0.39, 0.29) is 18.3 Å². The number of aryl methyl sites for hydroxylation is 1. The van der Waals surface area contributed by atoms with Gasteiger partial charge < -0.3 is 19.9 Å². The average Bonchev–Trinajstić information content (AvgIpc) is 3.41. The summed E-state index contributed by atoms with van der Waals surface area (Å²) in [5.74, 6) is 0.552. The van der Waals surface area contributed by atoms with Crippen molar-refractivity contribution in [2.75, 3.05) is 50.1 Å². The number of hydrogen-bond acceptors (Lipinski definition) is 7. The maximum Gasteiger partial charge on any atom is 0.249 e. The van der Waals surface area contributed by atoms with Gasteiger partial charge in [0, 0.05) is 73.7 Å². The van der Waals surface area contributed by atoms with Gasteiger partial charge in [0.05, 0.1) is 12.3 Å². The molecule has 0 radical (unpaired) electrons. The van der Waals surface area contributed by atoms with Gasteiger partial charge in [0.2, 0.25) is 11.9 Å². The Morgan fingerprint density at radius 3 is 2.65 bits per heavy atom. The van der Waals surface area contributed by atoms with Crippen molar-refractivity contribution in [1.82, 2.24) is 24.6 Å². The van der Waals surface area contributed by atoms with Crippen LogP contribution in [-0.2, 0) is 7.05 Å². The van der Waals surface area contributed by atoms with E-state index in [0.29, 0.717) is 48.2 Å². The molecule has 0 bridgehead atoms. The van der Waals surface area contributed by atoms with Crippen molar-refractivity contribution in [3.05, 3.63) is 41.6 Å². The second-order valence-corrected chi connectivity index (χ2v) is 11.3. The lowest BCUT2D eigenvalue weighted by Gasteiger charge is -2.59. The fraction of sp³-hybridized carbons (Fsp3) is 0.500. The zero-order chi connectivity index (χ0) is 25.8. The molecule has 2 saturated heterocycles. The topological polar surface area (TPSA) is 71.3 Å². The maximum absolute atomic E-state index is 13.3. The number of nitrogens with one attached hydrogen (secondary N) is 1. The molecule has 11 heteroatoms. The van der Waals surface area contributed by atoms with Crippen LogP contribution in [0.4, 0.5) is 26.2 Å². The first-order valence-corrected chi connectivity index (χ1v) is 12.9. The van der Waals surface area contributed by atoms with Crippen molar-refractivity contribution < 1.29 is 13.5 Å². The van der Waals surface area contributed by atoms with Crippen molar-refractivity contribution in [3.8, 4) is 17.1 Å². The standard InChI is InChI=1S/C26H30ClF2N7O/c1-34-8-7-17(11-34)12-37-21-9-19(27)4-5-20(21)31-24-32-23(33-35(24)2)18-3-6-22(30-10-18)36-15-25(16-36)13-26(28,29)14-25/h3-6,9-10,17H,7-8,11-16H2,1-2H3,(H,31,32,33). The Balaban J connectivity index is 1.12. The summed E-state index contributed by atoms with van der Waals surface area (Å²) < 4.78 is 34.4. The Kier molecular flexibility index (Phi) is 5.99. The highest BCUT2D eigenvalue weighted by molar-refractivity contribution is 6.30. The van der Waals surface area contributed by atoms with Crippen LogP contribution in [0.3, 0.4) is 0 Å². The fourth-order valence-electron chi connectivity index (χ4n) is 5.72. The largest absolute Gasteiger partial charge is 0.491 e. The Morgan fingerprint density at radius 2 is 1.97 bits per heavy atom. The van der Waals surface area contributed by atoms with Gasteiger partial charge in [-0.2, -0.15) is 4.98 Å². The lowest BCUT2D eigenvalue weighted by atomic mass is 9.61. The number of nitrogens with zero attached hydrogens (tertiary/aromatic N) is 6. The van der Waals surface area contributed by atoms with E-state index in [4.69, 9.17) is 16.3 Å². The molecule has 4 heterocycles. The summed E-state index contributed by atoms with van der Waals surface area (Å²) in [6.45, 7) is 4.00. The number of aromatic nitrogens is 4. The van der Waals surface area contributed by atoms with Crippen LogP contribution in [0, 0.1) is 11.3 Å². The molecule has 1 atom stereocenters. The predicted octanol–water partition coefficient (Wildman–Crippen LogP) is 4.84. The van der Waals surface area contributed by atoms with Crippen LogP contribution in [0.25, 0.3) is 11.4 Å². The van der Waals surface area contributed by atoms with E-state index in [2.05, 4.69) is 32.3 Å². The summed E-state index contributed by atoms with van der Waals surface area (Å²) in [5.41, 5.74) is 1.31. The minimum absolute atomic E-state index is 0.0134. The molecule has 1 aliphatic carbocycles. The highest BCUT2D eigenvalue weighted by Crippen LogP contribution is 2.57. The van der Waals surface area contributed by atoms with E-state index in [0.717, 1.165) is 36.6 Å². The Hall–Kier alpha value is -2.98. The van der Waals surface area contributed by atoms with Crippen LogP contribution >= 0.6 is 11.6 Å². The second kappa shape index (κ2) is 9.09. The normalized spacial score (nSPS) is 22.1. The van der Waals surface area contributed by atoms with Crippen molar-refractivity contribution in [1.29, 1.82) is 0 Å². The Morgan fingerprint density at radius 1 is 1.16 bits per heavy atom. The minimum atomic E-state index is -2.49. The van der Waals surface area contributed by atoms with Crippen molar-refractivity contribution in [3.63, 3.8) is 0 Å². The van der Waals surface area contributed by atoms with Crippen LogP contribution in [0.2, 0.25) is 5.02 Å². The molecule has 1 aromatic carbocycles. The summed E-state index contributed by atoms with van der Waals surface area (Å²) in [6, 6.07) is 9.31. The lowest BCUT2D eigenvalue weighted by molar-refractivity contribution is -0.170. The van der Waals surface area contributed by atoms with Gasteiger partial charge in [-0.1, -0.05) is 11.6 Å². The summed E-state index contributed by atoms with van der Waals surface area (Å²) in [7, 11) is 3.94. The molecule has 1 spiro atoms. The van der Waals surface area contributed by atoms with Gasteiger partial charge in [-0.25, -0.2) is 18.4 Å². The second-order valence-electron chi connectivity index (χ2n) is 10.8. The highest BCUT2D eigenvalue weighted by atomic mass is 35.5. The SMILES string of the molecule is CN1CCC(COc2cc(Cl)ccc2Nc2nc(-c3ccc(N4CC5(C4)CC(F)(F)C5)nc3)nn2C)C1. The molecule has 2 aromatic heterocycles. The number of halogens is 3. The molecule has 8 nitrogen and oxygen atoms in total. The van der Waals surface area contributed by atoms with Crippen LogP contribution in [-0.4, -0.2) is 70.4 Å². The van der Waals surface area contributed by atoms with Gasteiger partial charge >= 0.3 is 0 Å². The average molecular weight is 530 g/mol. The summed E-state index contributed by atoms with van der Waals surface area (Å²) in [6.07, 6.45) is 2.82. The van der Waals surface area contributed by atoms with Crippen LogP contribution in [0.15, 0.2) is 36.5 Å². The van der Waals surface area contributed by atoms with Gasteiger partial charge in [0.15, 0.2) is 5.82 Å². The zero-order valence-corrected chi connectivity index (χ0v) is 21.7. The molecule has 3 aliphatic rings. The van der Waals surface area contributed by atoms with Crippen LogP contribution in [0.1, 0.15) is 19.3 Å². The maximum atomic E-state index is 13.3. The minimum Gasteiger partial charge on any atom is -0.491 e. The molecule has 0 amide bonds. The molecule has 2 aliphatic heterocycles. The first kappa shape index (κ1) is 24.4. The number of likely N-dealkylation sites (tertiary alicyclic amines) is 1. The number of alkyl halides is 2. The molecule has 3 aromatic rings. The molecule has 1 N–H and O–H groups in total. The number of anilines is 3. The number of hydrogen-bond donors (Lipinski definition) is 1. The Bertz CT molecular complexity index is 1280. The van der Waals surface area contributed by atoms with Crippen LogP contribution < -0.4 is 15.0 Å². The Labute approximate surface area is 219 Å². The first-order valence-electron chi connectivity index (χ1n) is 12.6. The molecule has 3 fully saturated rings. The molecule has 196 valence electrons. The zero-order valence-electron chi connectivity index (χ0n) is 20.9. The monoisotopic (exact) mass is 529 g/mol. The van der Waals surface area contributed by atoms with Crippen molar-refractivity contribution >= 4 is 29.1 Å². The highest BCUT2D eigenvalue weighted by Gasteiger charge is 2.61. The van der Waals surface area contributed by atoms with E-state index < -0.39 is 5.92 Å². The number of benzene rings is 1. The molecule has 6 rings (SSSR count). The molecular weight excluding hydrogens is 500 g/mol. The van der Waals surface area contributed by atoms with Gasteiger partial charge in [0.25, 0.3) is 0 Å². The van der Waals surface area contributed by atoms with E-state index in [1.54, 1.807) is 10.9 Å². The van der Waals surface area contributed by atoms with Crippen LogP contribution in [0.5, 0.6) is 5.75 Å². The quantitative estimate of drug-likeness (QED) is 0.469. The third-order valence-corrected chi connectivity index (χ3v) is 7.80. The van der Waals surface area contributed by atoms with Gasteiger partial charge in [-0.3, -0.25) is 0 Å². The van der Waals surface area contributed by atoms with Gasteiger partial charge in [0.1, 0.15) is 11.6 Å². The number of pyridine rings is 1. The van der Waals surface area contributed by atoms with E-state index in [1.165, 1.54) is 0 Å². The third-order valence-electron chi connectivity index (χ3n) is 7.57. The van der Waals surface area contributed by atoms with Crippen molar-refractivity contribution in [2.45, 2.75) is 25.2 Å². The van der Waals surface area contributed by atoms with Gasteiger partial charge in [-0.15, -0.1) is 5.10 Å². The number of rotatable bonds is 7. The number of ether oxygens (including phenoxy) is 1.